The molecule has 0 aliphatic heterocycles. The molecule has 0 spiro atoms. The Bertz CT molecular complexity index is 372. The third-order valence-corrected chi connectivity index (χ3v) is 1.66. The van der Waals surface area contributed by atoms with Crippen molar-refractivity contribution in [3.05, 3.63) is 41.9 Å². The number of hydrogen-bond donors (Lipinski definition) is 1. The minimum absolute atomic E-state index is 0.0783. The maximum atomic E-state index is 13.1. The van der Waals surface area contributed by atoms with Gasteiger partial charge in [-0.1, -0.05) is 0 Å². The highest BCUT2D eigenvalue weighted by Crippen LogP contribution is 2.17. The van der Waals surface area contributed by atoms with Gasteiger partial charge in [-0.2, -0.15) is 0 Å². The first-order valence-electron chi connectivity index (χ1n) is 3.87. The Morgan fingerprint density at radius 3 is 2.79 bits per heavy atom. The summed E-state index contributed by atoms with van der Waals surface area (Å²) in [6.45, 7) is 0. The van der Waals surface area contributed by atoms with Crippen molar-refractivity contribution in [2.75, 3.05) is 7.11 Å². The van der Waals surface area contributed by atoms with Crippen molar-refractivity contribution in [3.8, 4) is 5.75 Å². The Labute approximate surface area is 80.4 Å². The summed E-state index contributed by atoms with van der Waals surface area (Å²) < 4.78 is 17.8. The summed E-state index contributed by atoms with van der Waals surface area (Å²) in [5, 5.41) is 8.35. The van der Waals surface area contributed by atoms with Gasteiger partial charge in [0.05, 0.1) is 13.4 Å². The van der Waals surface area contributed by atoms with Gasteiger partial charge in [-0.05, 0) is 18.2 Å². The number of carbonyl (C=O) groups is 1. The Balaban J connectivity index is 3.02. The van der Waals surface area contributed by atoms with Crippen molar-refractivity contribution in [3.63, 3.8) is 0 Å². The number of aliphatic hydroxyl groups excluding tert-OH is 1. The van der Waals surface area contributed by atoms with Gasteiger partial charge in [-0.15, -0.1) is 0 Å². The fourth-order valence-electron chi connectivity index (χ4n) is 0.984. The average Bonchev–Trinajstić information content (AvgIpc) is 2.18. The first kappa shape index (κ1) is 10.2. The van der Waals surface area contributed by atoms with E-state index in [9.17, 15) is 9.18 Å². The molecule has 4 heteroatoms. The second-order valence-corrected chi connectivity index (χ2v) is 2.53. The van der Waals surface area contributed by atoms with E-state index in [0.717, 1.165) is 12.1 Å². The summed E-state index contributed by atoms with van der Waals surface area (Å²) in [6.07, 6.45) is 1.56. The van der Waals surface area contributed by atoms with E-state index >= 15 is 0 Å². The Hall–Kier alpha value is -1.84. The van der Waals surface area contributed by atoms with Crippen LogP contribution in [0.4, 0.5) is 4.39 Å². The lowest BCUT2D eigenvalue weighted by molar-refractivity contribution is 0.104. The maximum Gasteiger partial charge on any atom is 0.188 e. The average molecular weight is 196 g/mol. The zero-order valence-electron chi connectivity index (χ0n) is 7.53. The van der Waals surface area contributed by atoms with E-state index in [2.05, 4.69) is 4.74 Å². The summed E-state index contributed by atoms with van der Waals surface area (Å²) in [5.41, 5.74) is 0.161. The number of ether oxygens (including phenoxy) is 1. The van der Waals surface area contributed by atoms with E-state index in [1.54, 1.807) is 0 Å². The summed E-state index contributed by atoms with van der Waals surface area (Å²) >= 11 is 0. The van der Waals surface area contributed by atoms with Crippen LogP contribution in [0.5, 0.6) is 5.75 Å². The molecule has 74 valence electrons. The standard InChI is InChI=1S/C10H9FO3/c1-14-10-3-2-7(6-8(10)11)9(13)4-5-12/h2-6,12H,1H3. The van der Waals surface area contributed by atoms with Gasteiger partial charge in [0.25, 0.3) is 0 Å². The zero-order chi connectivity index (χ0) is 10.6. The Kier molecular flexibility index (Phi) is 3.23. The molecule has 0 unspecified atom stereocenters. The van der Waals surface area contributed by atoms with E-state index in [4.69, 9.17) is 5.11 Å². The summed E-state index contributed by atoms with van der Waals surface area (Å²) in [4.78, 5) is 11.1. The Morgan fingerprint density at radius 1 is 1.57 bits per heavy atom. The van der Waals surface area contributed by atoms with Crippen LogP contribution in [0.1, 0.15) is 10.4 Å². The molecule has 0 heterocycles. The molecule has 0 aliphatic rings. The second kappa shape index (κ2) is 4.41. The molecule has 0 saturated heterocycles. The molecular weight excluding hydrogens is 187 g/mol. The lowest BCUT2D eigenvalue weighted by atomic mass is 10.1. The van der Waals surface area contributed by atoms with Crippen molar-refractivity contribution in [2.24, 2.45) is 0 Å². The zero-order valence-corrected chi connectivity index (χ0v) is 7.53. The van der Waals surface area contributed by atoms with Crippen molar-refractivity contribution in [1.82, 2.24) is 0 Å². The van der Waals surface area contributed by atoms with Crippen molar-refractivity contribution in [2.45, 2.75) is 0 Å². The minimum atomic E-state index is -0.607. The number of carbonyl (C=O) groups excluding carboxylic acids is 1. The summed E-state index contributed by atoms with van der Waals surface area (Å²) in [6, 6.07) is 3.83. The topological polar surface area (TPSA) is 46.5 Å². The van der Waals surface area contributed by atoms with Crippen molar-refractivity contribution in [1.29, 1.82) is 0 Å². The maximum absolute atomic E-state index is 13.1. The molecule has 0 radical (unpaired) electrons. The molecule has 14 heavy (non-hydrogen) atoms. The number of benzene rings is 1. The quantitative estimate of drug-likeness (QED) is 0.457. The normalized spacial score (nSPS) is 10.4. The fourth-order valence-corrected chi connectivity index (χ4v) is 0.984. The van der Waals surface area contributed by atoms with Gasteiger partial charge in [-0.25, -0.2) is 4.39 Å². The van der Waals surface area contributed by atoms with Crippen LogP contribution in [0.25, 0.3) is 0 Å². The highest BCUT2D eigenvalue weighted by atomic mass is 19.1. The van der Waals surface area contributed by atoms with Gasteiger partial charge in [0.2, 0.25) is 0 Å². The minimum Gasteiger partial charge on any atom is -0.515 e. The fraction of sp³-hybridized carbons (Fsp3) is 0.100. The molecule has 3 nitrogen and oxygen atoms in total. The highest BCUT2D eigenvalue weighted by Gasteiger charge is 2.07. The van der Waals surface area contributed by atoms with E-state index in [1.807, 2.05) is 0 Å². The molecular formula is C10H9FO3. The number of hydrogen-bond acceptors (Lipinski definition) is 3. The van der Waals surface area contributed by atoms with Crippen LogP contribution >= 0.6 is 0 Å². The first-order valence-corrected chi connectivity index (χ1v) is 3.87. The van der Waals surface area contributed by atoms with Crippen LogP contribution in [0.15, 0.2) is 30.5 Å². The molecule has 0 fully saturated rings. The summed E-state index contributed by atoms with van der Waals surface area (Å²) in [5.74, 6) is -0.992. The van der Waals surface area contributed by atoms with Crippen LogP contribution in [-0.4, -0.2) is 18.0 Å². The van der Waals surface area contributed by atoms with Gasteiger partial charge in [0.1, 0.15) is 0 Å². The van der Waals surface area contributed by atoms with Gasteiger partial charge >= 0.3 is 0 Å². The monoisotopic (exact) mass is 196 g/mol. The lowest BCUT2D eigenvalue weighted by Gasteiger charge is -2.02. The molecule has 0 saturated carbocycles. The van der Waals surface area contributed by atoms with Gasteiger partial charge < -0.3 is 9.84 Å². The number of halogens is 1. The SMILES string of the molecule is COc1ccc(C(=O)C=CO)cc1F. The molecule has 1 rings (SSSR count). The van der Waals surface area contributed by atoms with Crippen LogP contribution in [-0.2, 0) is 0 Å². The third kappa shape index (κ3) is 2.10. The number of ketones is 1. The lowest BCUT2D eigenvalue weighted by Crippen LogP contribution is -1.96. The summed E-state index contributed by atoms with van der Waals surface area (Å²) in [7, 11) is 1.34. The largest absolute Gasteiger partial charge is 0.515 e. The highest BCUT2D eigenvalue weighted by molar-refractivity contribution is 6.04. The van der Waals surface area contributed by atoms with E-state index in [0.29, 0.717) is 6.26 Å². The van der Waals surface area contributed by atoms with Crippen LogP contribution in [0, 0.1) is 5.82 Å². The molecule has 0 aliphatic carbocycles. The molecule has 0 bridgehead atoms. The number of allylic oxidation sites excluding steroid dienone is 1. The van der Waals surface area contributed by atoms with E-state index < -0.39 is 11.6 Å². The predicted molar refractivity (Wildman–Crippen MR) is 49.1 cm³/mol. The smallest absolute Gasteiger partial charge is 0.188 e. The van der Waals surface area contributed by atoms with Gasteiger partial charge in [0.15, 0.2) is 17.3 Å². The van der Waals surface area contributed by atoms with E-state index in [1.165, 1.54) is 19.2 Å². The van der Waals surface area contributed by atoms with Gasteiger partial charge in [-0.3, -0.25) is 4.79 Å². The van der Waals surface area contributed by atoms with Crippen LogP contribution in [0.3, 0.4) is 0 Å². The van der Waals surface area contributed by atoms with Crippen LogP contribution < -0.4 is 4.74 Å². The molecule has 1 aromatic rings. The Morgan fingerprint density at radius 2 is 2.29 bits per heavy atom. The second-order valence-electron chi connectivity index (χ2n) is 2.53. The molecule has 1 N–H and O–H groups in total. The van der Waals surface area contributed by atoms with Gasteiger partial charge in [0, 0.05) is 11.6 Å². The number of methoxy groups -OCH3 is 1. The third-order valence-electron chi connectivity index (χ3n) is 1.66. The van der Waals surface area contributed by atoms with Crippen LogP contribution in [0.2, 0.25) is 0 Å². The first-order chi connectivity index (χ1) is 6.69. The molecule has 0 amide bonds. The molecule has 0 aromatic heterocycles. The number of rotatable bonds is 3. The molecule has 0 atom stereocenters. The number of aliphatic hydroxyl groups is 1. The molecule has 1 aromatic carbocycles. The van der Waals surface area contributed by atoms with Crippen molar-refractivity contribution < 1.29 is 19.0 Å². The van der Waals surface area contributed by atoms with E-state index in [-0.39, 0.29) is 11.3 Å². The van der Waals surface area contributed by atoms with Crippen molar-refractivity contribution >= 4 is 5.78 Å². The predicted octanol–water partition coefficient (Wildman–Crippen LogP) is 2.09.